The van der Waals surface area contributed by atoms with E-state index >= 15 is 0 Å². The van der Waals surface area contributed by atoms with Gasteiger partial charge in [0.2, 0.25) is 0 Å². The molecule has 88 valence electrons. The van der Waals surface area contributed by atoms with Gasteiger partial charge in [0.15, 0.2) is 11.6 Å². The zero-order valence-corrected chi connectivity index (χ0v) is 10.5. The first-order valence-corrected chi connectivity index (χ1v) is 6.05. The van der Waals surface area contributed by atoms with E-state index < -0.39 is 0 Å². The van der Waals surface area contributed by atoms with Crippen LogP contribution in [-0.2, 0) is 7.05 Å². The number of carbonyl (C=O) groups excluding carboxylic acids is 2. The topological polar surface area (TPSA) is 52.0 Å². The van der Waals surface area contributed by atoms with Gasteiger partial charge in [-0.3, -0.25) is 14.3 Å². The summed E-state index contributed by atoms with van der Waals surface area (Å²) in [6.07, 6.45) is 3.01. The van der Waals surface area contributed by atoms with Crippen molar-refractivity contribution in [2.24, 2.45) is 7.05 Å². The van der Waals surface area contributed by atoms with E-state index in [0.717, 1.165) is 5.56 Å². The highest BCUT2D eigenvalue weighted by atomic mass is 32.1. The molecule has 0 bridgehead atoms. The summed E-state index contributed by atoms with van der Waals surface area (Å²) in [6.45, 7) is 1.87. The molecular weight excluding hydrogens is 236 g/mol. The van der Waals surface area contributed by atoms with Crippen LogP contribution in [0.2, 0.25) is 0 Å². The molecule has 2 heterocycles. The lowest BCUT2D eigenvalue weighted by Crippen LogP contribution is -2.07. The van der Waals surface area contributed by atoms with Crippen molar-refractivity contribution >= 4 is 22.9 Å². The molecule has 0 aliphatic heterocycles. The minimum atomic E-state index is -0.184. The number of ketones is 2. The lowest BCUT2D eigenvalue weighted by Gasteiger charge is -1.97. The molecule has 0 aliphatic carbocycles. The predicted molar refractivity (Wildman–Crippen MR) is 65.5 cm³/mol. The van der Waals surface area contributed by atoms with Crippen LogP contribution in [0.5, 0.6) is 0 Å². The number of thiophene rings is 1. The van der Waals surface area contributed by atoms with E-state index in [1.54, 1.807) is 17.9 Å². The Balaban J connectivity index is 2.10. The second-order valence-electron chi connectivity index (χ2n) is 3.86. The molecule has 4 nitrogen and oxygen atoms in total. The molecule has 5 heteroatoms. The zero-order valence-electron chi connectivity index (χ0n) is 9.64. The smallest absolute Gasteiger partial charge is 0.180 e. The summed E-state index contributed by atoms with van der Waals surface area (Å²) in [5, 5.41) is 5.77. The lowest BCUT2D eigenvalue weighted by atomic mass is 10.1. The van der Waals surface area contributed by atoms with Crippen molar-refractivity contribution in [2.75, 3.05) is 0 Å². The van der Waals surface area contributed by atoms with E-state index in [-0.39, 0.29) is 18.0 Å². The quantitative estimate of drug-likeness (QED) is 0.616. The third kappa shape index (κ3) is 2.50. The number of aromatic nitrogens is 2. The first kappa shape index (κ1) is 11.7. The van der Waals surface area contributed by atoms with E-state index in [1.807, 2.05) is 18.4 Å². The summed E-state index contributed by atoms with van der Waals surface area (Å²) in [6, 6.07) is 1.88. The minimum Gasteiger partial charge on any atom is -0.294 e. The zero-order chi connectivity index (χ0) is 12.4. The summed E-state index contributed by atoms with van der Waals surface area (Å²) >= 11 is 1.38. The Morgan fingerprint density at radius 2 is 2.18 bits per heavy atom. The fourth-order valence-electron chi connectivity index (χ4n) is 1.55. The summed E-state index contributed by atoms with van der Waals surface area (Å²) in [5.41, 5.74) is 1.41. The summed E-state index contributed by atoms with van der Waals surface area (Å²) < 4.78 is 1.55. The van der Waals surface area contributed by atoms with Gasteiger partial charge in [-0.05, 0) is 23.9 Å². The molecule has 0 amide bonds. The highest BCUT2D eigenvalue weighted by Crippen LogP contribution is 2.18. The molecule has 2 aromatic rings. The van der Waals surface area contributed by atoms with E-state index in [9.17, 15) is 9.59 Å². The molecule has 0 fully saturated rings. The third-order valence-electron chi connectivity index (χ3n) is 2.46. The van der Waals surface area contributed by atoms with Crippen LogP contribution in [0.3, 0.4) is 0 Å². The normalized spacial score (nSPS) is 10.5. The average molecular weight is 248 g/mol. The first-order chi connectivity index (χ1) is 8.08. The highest BCUT2D eigenvalue weighted by Gasteiger charge is 2.17. The van der Waals surface area contributed by atoms with Crippen LogP contribution in [0.25, 0.3) is 0 Å². The number of rotatable bonds is 4. The Bertz CT molecular complexity index is 569. The van der Waals surface area contributed by atoms with Crippen LogP contribution in [0.15, 0.2) is 23.8 Å². The van der Waals surface area contributed by atoms with E-state index in [1.165, 1.54) is 17.5 Å². The standard InChI is InChI=1S/C12H12N2O2S/c1-8-3-4-17-12(8)11(16)5-10(15)9-6-13-14(2)7-9/h3-4,6-7H,5H2,1-2H3. The van der Waals surface area contributed by atoms with E-state index in [2.05, 4.69) is 5.10 Å². The highest BCUT2D eigenvalue weighted by molar-refractivity contribution is 7.12. The number of hydrogen-bond acceptors (Lipinski definition) is 4. The van der Waals surface area contributed by atoms with Crippen molar-refractivity contribution < 1.29 is 9.59 Å². The Kier molecular flexibility index (Phi) is 3.19. The van der Waals surface area contributed by atoms with Gasteiger partial charge in [0.1, 0.15) is 0 Å². The summed E-state index contributed by atoms with van der Waals surface area (Å²) in [4.78, 5) is 24.4. The summed E-state index contributed by atoms with van der Waals surface area (Å²) in [5.74, 6) is -0.303. The molecule has 0 aromatic carbocycles. The molecule has 17 heavy (non-hydrogen) atoms. The van der Waals surface area contributed by atoms with Gasteiger partial charge < -0.3 is 0 Å². The molecule has 0 N–H and O–H groups in total. The van der Waals surface area contributed by atoms with Crippen LogP contribution in [0.4, 0.5) is 0 Å². The van der Waals surface area contributed by atoms with E-state index in [4.69, 9.17) is 0 Å². The fourth-order valence-corrected chi connectivity index (χ4v) is 2.42. The second-order valence-corrected chi connectivity index (χ2v) is 4.77. The largest absolute Gasteiger partial charge is 0.294 e. The van der Waals surface area contributed by atoms with Gasteiger partial charge in [-0.15, -0.1) is 11.3 Å². The van der Waals surface area contributed by atoms with Crippen molar-refractivity contribution in [1.82, 2.24) is 9.78 Å². The SMILES string of the molecule is Cc1ccsc1C(=O)CC(=O)c1cnn(C)c1. The van der Waals surface area contributed by atoms with Gasteiger partial charge in [0, 0.05) is 13.2 Å². The molecule has 0 spiro atoms. The van der Waals surface area contributed by atoms with Crippen LogP contribution in [0, 0.1) is 6.92 Å². The van der Waals surface area contributed by atoms with Gasteiger partial charge in [0.25, 0.3) is 0 Å². The lowest BCUT2D eigenvalue weighted by molar-refractivity contribution is 0.0896. The van der Waals surface area contributed by atoms with Crippen LogP contribution >= 0.6 is 11.3 Å². The maximum absolute atomic E-state index is 11.9. The van der Waals surface area contributed by atoms with Crippen molar-refractivity contribution in [1.29, 1.82) is 0 Å². The van der Waals surface area contributed by atoms with Crippen LogP contribution in [0.1, 0.15) is 32.0 Å². The Morgan fingerprint density at radius 3 is 2.71 bits per heavy atom. The Morgan fingerprint density at radius 1 is 1.41 bits per heavy atom. The maximum atomic E-state index is 11.9. The van der Waals surface area contributed by atoms with Gasteiger partial charge in [0.05, 0.1) is 23.1 Å². The number of Topliss-reactive ketones (excluding diaryl/α,β-unsaturated/α-hetero) is 2. The van der Waals surface area contributed by atoms with Crippen molar-refractivity contribution in [3.05, 3.63) is 39.8 Å². The molecule has 0 radical (unpaired) electrons. The Hall–Kier alpha value is -1.75. The fraction of sp³-hybridized carbons (Fsp3) is 0.250. The van der Waals surface area contributed by atoms with Gasteiger partial charge in [-0.25, -0.2) is 0 Å². The van der Waals surface area contributed by atoms with E-state index in [0.29, 0.717) is 10.4 Å². The second kappa shape index (κ2) is 4.63. The molecule has 0 unspecified atom stereocenters. The molecule has 2 rings (SSSR count). The van der Waals surface area contributed by atoms with Crippen LogP contribution < -0.4 is 0 Å². The van der Waals surface area contributed by atoms with Gasteiger partial charge in [-0.1, -0.05) is 0 Å². The van der Waals surface area contributed by atoms with Crippen molar-refractivity contribution in [3.63, 3.8) is 0 Å². The molecule has 0 aliphatic rings. The van der Waals surface area contributed by atoms with Crippen LogP contribution in [-0.4, -0.2) is 21.3 Å². The van der Waals surface area contributed by atoms with Crippen molar-refractivity contribution in [3.8, 4) is 0 Å². The third-order valence-corrected chi connectivity index (χ3v) is 3.52. The number of nitrogens with zero attached hydrogens (tertiary/aromatic N) is 2. The first-order valence-electron chi connectivity index (χ1n) is 5.17. The maximum Gasteiger partial charge on any atom is 0.180 e. The van der Waals surface area contributed by atoms with Gasteiger partial charge in [-0.2, -0.15) is 5.10 Å². The molecule has 0 atom stereocenters. The predicted octanol–water partition coefficient (Wildman–Crippen LogP) is 2.25. The Labute approximate surface area is 103 Å². The summed E-state index contributed by atoms with van der Waals surface area (Å²) in [7, 11) is 1.74. The monoisotopic (exact) mass is 248 g/mol. The molecule has 0 saturated carbocycles. The number of hydrogen-bond donors (Lipinski definition) is 0. The number of aryl methyl sites for hydroxylation is 2. The molecule has 2 aromatic heterocycles. The molecule has 0 saturated heterocycles. The minimum absolute atomic E-state index is 0.0902. The molecular formula is C12H12N2O2S. The van der Waals surface area contributed by atoms with Gasteiger partial charge >= 0.3 is 0 Å². The average Bonchev–Trinajstić information content (AvgIpc) is 2.86. The van der Waals surface area contributed by atoms with Crippen molar-refractivity contribution in [2.45, 2.75) is 13.3 Å². The number of carbonyl (C=O) groups is 2.